The monoisotopic (exact) mass is 874 g/mol. The van der Waals surface area contributed by atoms with E-state index in [0.717, 1.165) is 21.6 Å². The number of anilines is 2. The van der Waals surface area contributed by atoms with E-state index >= 15 is 0 Å². The van der Waals surface area contributed by atoms with E-state index in [4.69, 9.17) is 24.7 Å². The first-order valence-electron chi connectivity index (χ1n) is 17.9. The Hall–Kier alpha value is -4.36. The van der Waals surface area contributed by atoms with Gasteiger partial charge in [0.25, 0.3) is 5.56 Å². The number of nitrogens with zero attached hydrogens (tertiary/aromatic N) is 5. The van der Waals surface area contributed by atoms with Crippen molar-refractivity contribution in [3.63, 3.8) is 0 Å². The van der Waals surface area contributed by atoms with Crippen molar-refractivity contribution in [2.24, 2.45) is 0 Å². The maximum Gasteiger partial charge on any atom is 0.418 e. The van der Waals surface area contributed by atoms with Gasteiger partial charge in [0.2, 0.25) is 5.91 Å². The molecule has 16 heteroatoms. The molecule has 4 heterocycles. The molecule has 55 heavy (non-hydrogen) atoms. The number of benzene rings is 2. The molecule has 0 unspecified atom stereocenters. The molecule has 0 aliphatic carbocycles. The van der Waals surface area contributed by atoms with Gasteiger partial charge in [0.15, 0.2) is 0 Å². The van der Waals surface area contributed by atoms with Gasteiger partial charge in [-0.2, -0.15) is 13.2 Å². The molecule has 3 aromatic heterocycles. The lowest BCUT2D eigenvalue weighted by Crippen LogP contribution is -2.49. The summed E-state index contributed by atoms with van der Waals surface area (Å²) in [7, 11) is 0. The SMILES string of the molecule is Nc1ccc(-c2ccc3ncc4ccc(=O)n(-c5ccc(N6CCN(C(=O)CCOCCOCCOCCOCCI)CC6)c(C(F)(F)F)c5)c4c3c2)cn1. The predicted molar refractivity (Wildman–Crippen MR) is 213 cm³/mol. The number of fused-ring (bicyclic) bond motifs is 3. The van der Waals surface area contributed by atoms with Gasteiger partial charge in [-0.3, -0.25) is 19.1 Å². The second-order valence-corrected chi connectivity index (χ2v) is 13.8. The Morgan fingerprint density at radius 2 is 1.44 bits per heavy atom. The van der Waals surface area contributed by atoms with E-state index in [9.17, 15) is 22.8 Å². The minimum absolute atomic E-state index is 0.0143. The molecule has 1 aliphatic heterocycles. The van der Waals surface area contributed by atoms with Gasteiger partial charge >= 0.3 is 6.18 Å². The molecule has 2 N–H and O–H groups in total. The summed E-state index contributed by atoms with van der Waals surface area (Å²) < 4.78 is 68.3. The highest BCUT2D eigenvalue weighted by Crippen LogP contribution is 2.39. The number of hydrogen-bond donors (Lipinski definition) is 1. The summed E-state index contributed by atoms with van der Waals surface area (Å²) in [5, 5.41) is 1.17. The van der Waals surface area contributed by atoms with Gasteiger partial charge in [0.1, 0.15) is 5.82 Å². The summed E-state index contributed by atoms with van der Waals surface area (Å²) in [5.74, 6) is 0.240. The summed E-state index contributed by atoms with van der Waals surface area (Å²) in [4.78, 5) is 38.3. The molecule has 1 fully saturated rings. The Bertz CT molecular complexity index is 2130. The number of piperazine rings is 1. The van der Waals surface area contributed by atoms with Gasteiger partial charge in [0.05, 0.1) is 81.6 Å². The number of rotatable bonds is 17. The second kappa shape index (κ2) is 19.0. The van der Waals surface area contributed by atoms with Crippen molar-refractivity contribution in [3.8, 4) is 16.8 Å². The number of nitrogens with two attached hydrogens (primary N) is 1. The molecule has 0 saturated carbocycles. The number of carbonyl (C=O) groups excluding carboxylic acids is 1. The zero-order chi connectivity index (χ0) is 38.8. The van der Waals surface area contributed by atoms with Crippen LogP contribution >= 0.6 is 22.6 Å². The van der Waals surface area contributed by atoms with Gasteiger partial charge in [-0.15, -0.1) is 0 Å². The van der Waals surface area contributed by atoms with Gasteiger partial charge in [-0.05, 0) is 54.1 Å². The normalized spacial score (nSPS) is 13.6. The van der Waals surface area contributed by atoms with E-state index in [1.165, 1.54) is 22.8 Å². The number of amides is 1. The van der Waals surface area contributed by atoms with E-state index in [2.05, 4.69) is 32.6 Å². The number of carbonyl (C=O) groups is 1. The van der Waals surface area contributed by atoms with Crippen LogP contribution < -0.4 is 16.2 Å². The van der Waals surface area contributed by atoms with Gasteiger partial charge in [-0.1, -0.05) is 28.7 Å². The van der Waals surface area contributed by atoms with Crippen molar-refractivity contribution in [2.75, 3.05) is 94.1 Å². The standard InChI is InChI=1S/C39H42F3IN6O6/c40-39(41,42)32-24-30(49-37(51)8-3-29-26-45-33-5-1-27(23-31(33)38(29)49)28-2-7-35(44)46-25-28)4-6-34(32)47-11-13-48(14-12-47)36(50)9-15-52-17-19-54-21-22-55-20-18-53-16-10-43/h1-8,23-26H,9-22H2,(H2,44,46). The first-order chi connectivity index (χ1) is 26.6. The van der Waals surface area contributed by atoms with Crippen LogP contribution in [0.1, 0.15) is 12.0 Å². The molecule has 1 amide bonds. The number of hydrogen-bond acceptors (Lipinski definition) is 10. The second-order valence-electron chi connectivity index (χ2n) is 12.7. The zero-order valence-electron chi connectivity index (χ0n) is 30.1. The molecule has 0 spiro atoms. The van der Waals surface area contributed by atoms with Crippen LogP contribution in [0, 0.1) is 0 Å². The molecular formula is C39H42F3IN6O6. The first kappa shape index (κ1) is 40.3. The Morgan fingerprint density at radius 1 is 0.764 bits per heavy atom. The van der Waals surface area contributed by atoms with Crippen molar-refractivity contribution >= 4 is 61.8 Å². The van der Waals surface area contributed by atoms with E-state index < -0.39 is 17.3 Å². The molecule has 1 saturated heterocycles. The fraction of sp³-hybridized carbons (Fsp3) is 0.385. The maximum atomic E-state index is 14.8. The van der Waals surface area contributed by atoms with Gasteiger partial charge in [0, 0.05) is 71.1 Å². The summed E-state index contributed by atoms with van der Waals surface area (Å²) >= 11 is 2.25. The fourth-order valence-corrected chi connectivity index (χ4v) is 6.73. The van der Waals surface area contributed by atoms with Crippen LogP contribution in [-0.4, -0.2) is 109 Å². The highest BCUT2D eigenvalue weighted by Gasteiger charge is 2.36. The largest absolute Gasteiger partial charge is 0.418 e. The molecule has 292 valence electrons. The zero-order valence-corrected chi connectivity index (χ0v) is 32.3. The molecular weight excluding hydrogens is 832 g/mol. The number of aromatic nitrogens is 3. The van der Waals surface area contributed by atoms with Crippen LogP contribution in [0.3, 0.4) is 0 Å². The minimum Gasteiger partial charge on any atom is -0.384 e. The smallest absolute Gasteiger partial charge is 0.384 e. The van der Waals surface area contributed by atoms with Crippen molar-refractivity contribution in [2.45, 2.75) is 12.6 Å². The molecule has 5 aromatic rings. The van der Waals surface area contributed by atoms with Crippen LogP contribution in [0.5, 0.6) is 0 Å². The van der Waals surface area contributed by atoms with Crippen molar-refractivity contribution in [3.05, 3.63) is 89.0 Å². The van der Waals surface area contributed by atoms with Gasteiger partial charge < -0.3 is 34.5 Å². The molecule has 0 radical (unpaired) electrons. The number of ether oxygens (including phenoxy) is 4. The topological polar surface area (TPSA) is 134 Å². The summed E-state index contributed by atoms with van der Waals surface area (Å²) in [6, 6.07) is 15.9. The lowest BCUT2D eigenvalue weighted by molar-refractivity contribution is -0.137. The van der Waals surface area contributed by atoms with Gasteiger partial charge in [-0.25, -0.2) is 4.98 Å². The Morgan fingerprint density at radius 3 is 2.09 bits per heavy atom. The summed E-state index contributed by atoms with van der Waals surface area (Å²) in [5.41, 5.74) is 7.02. The lowest BCUT2D eigenvalue weighted by atomic mass is 10.0. The average Bonchev–Trinajstić information content (AvgIpc) is 3.19. The summed E-state index contributed by atoms with van der Waals surface area (Å²) in [6.07, 6.45) is -1.33. The minimum atomic E-state index is -4.72. The fourth-order valence-electron chi connectivity index (χ4n) is 6.42. The summed E-state index contributed by atoms with van der Waals surface area (Å²) in [6.45, 7) is 4.52. The Balaban J connectivity index is 1.10. The molecule has 12 nitrogen and oxygen atoms in total. The molecule has 2 aromatic carbocycles. The number of nitrogen functional groups attached to an aromatic ring is 1. The lowest BCUT2D eigenvalue weighted by Gasteiger charge is -2.37. The highest BCUT2D eigenvalue weighted by molar-refractivity contribution is 14.1. The van der Waals surface area contributed by atoms with E-state index in [0.29, 0.717) is 73.9 Å². The van der Waals surface area contributed by atoms with E-state index in [1.54, 1.807) is 40.4 Å². The first-order valence-corrected chi connectivity index (χ1v) is 19.4. The number of pyridine rings is 3. The number of halogens is 4. The average molecular weight is 875 g/mol. The van der Waals surface area contributed by atoms with E-state index in [1.807, 2.05) is 18.2 Å². The molecule has 0 atom stereocenters. The third-order valence-corrected chi connectivity index (χ3v) is 9.59. The van der Waals surface area contributed by atoms with Crippen molar-refractivity contribution < 1.29 is 36.9 Å². The van der Waals surface area contributed by atoms with Crippen LogP contribution in [0.15, 0.2) is 77.9 Å². The van der Waals surface area contributed by atoms with Crippen molar-refractivity contribution in [1.82, 2.24) is 19.4 Å². The quantitative estimate of drug-likeness (QED) is 0.0534. The molecule has 6 rings (SSSR count). The van der Waals surface area contributed by atoms with Crippen LogP contribution in [-0.2, 0) is 29.9 Å². The molecule has 1 aliphatic rings. The highest BCUT2D eigenvalue weighted by atomic mass is 127. The van der Waals surface area contributed by atoms with Crippen LogP contribution in [0.2, 0.25) is 0 Å². The third kappa shape index (κ3) is 10.3. The third-order valence-electron chi connectivity index (χ3n) is 9.15. The van der Waals surface area contributed by atoms with Crippen molar-refractivity contribution in [1.29, 1.82) is 0 Å². The van der Waals surface area contributed by atoms with Crippen LogP contribution in [0.4, 0.5) is 24.7 Å². The predicted octanol–water partition coefficient (Wildman–Crippen LogP) is 5.74. The number of alkyl halides is 4. The molecule has 0 bridgehead atoms. The van der Waals surface area contributed by atoms with E-state index in [-0.39, 0.29) is 56.5 Å². The van der Waals surface area contributed by atoms with Crippen LogP contribution in [0.25, 0.3) is 38.6 Å². The Labute approximate surface area is 329 Å². The Kier molecular flexibility index (Phi) is 13.9. The maximum absolute atomic E-state index is 14.8.